The molecule has 1 N–H and O–H groups in total. The average molecular weight is 502 g/mol. The van der Waals surface area contributed by atoms with Crippen molar-refractivity contribution >= 4 is 56.4 Å². The van der Waals surface area contributed by atoms with Gasteiger partial charge in [-0.1, -0.05) is 53.0 Å². The summed E-state index contributed by atoms with van der Waals surface area (Å²) in [6, 6.07) is 15.7. The highest BCUT2D eigenvalue weighted by Crippen LogP contribution is 2.24. The Morgan fingerprint density at radius 2 is 1.52 bits per heavy atom. The number of carbonyl (C=O) groups is 1. The molecule has 5 nitrogen and oxygen atoms in total. The van der Waals surface area contributed by atoms with Crippen LogP contribution in [0.3, 0.4) is 0 Å². The molecule has 0 aliphatic rings. The van der Waals surface area contributed by atoms with Crippen LogP contribution in [0.5, 0.6) is 0 Å². The Kier molecular flexibility index (Phi) is 7.56. The van der Waals surface area contributed by atoms with Crippen LogP contribution in [-0.4, -0.2) is 25.2 Å². The van der Waals surface area contributed by atoms with Crippen LogP contribution < -0.4 is 5.32 Å². The molecule has 3 aromatic rings. The monoisotopic (exact) mass is 500 g/mol. The van der Waals surface area contributed by atoms with Crippen molar-refractivity contribution in [3.05, 3.63) is 93.2 Å². The zero-order chi connectivity index (χ0) is 22.6. The van der Waals surface area contributed by atoms with E-state index in [2.05, 4.69) is 5.32 Å². The molecular formula is C21H16Cl3FN2O3S. The van der Waals surface area contributed by atoms with E-state index in [9.17, 15) is 17.6 Å². The molecule has 31 heavy (non-hydrogen) atoms. The third kappa shape index (κ3) is 6.18. The number of halogens is 4. The van der Waals surface area contributed by atoms with Crippen LogP contribution in [0.15, 0.2) is 71.6 Å². The van der Waals surface area contributed by atoms with Crippen molar-refractivity contribution < 1.29 is 17.6 Å². The first-order valence-electron chi connectivity index (χ1n) is 8.90. The Labute approximate surface area is 194 Å². The van der Waals surface area contributed by atoms with E-state index in [1.165, 1.54) is 60.7 Å². The van der Waals surface area contributed by atoms with Gasteiger partial charge < -0.3 is 5.32 Å². The lowest BCUT2D eigenvalue weighted by Crippen LogP contribution is -2.37. The predicted molar refractivity (Wildman–Crippen MR) is 121 cm³/mol. The van der Waals surface area contributed by atoms with Crippen molar-refractivity contribution in [1.29, 1.82) is 0 Å². The van der Waals surface area contributed by atoms with Crippen molar-refractivity contribution in [3.63, 3.8) is 0 Å². The topological polar surface area (TPSA) is 66.5 Å². The van der Waals surface area contributed by atoms with Gasteiger partial charge in [-0.25, -0.2) is 12.8 Å². The Morgan fingerprint density at radius 1 is 0.903 bits per heavy atom. The molecule has 162 valence electrons. The molecule has 1 amide bonds. The number of nitrogens with one attached hydrogen (secondary N) is 1. The number of sulfonamides is 1. The van der Waals surface area contributed by atoms with Crippen molar-refractivity contribution in [2.45, 2.75) is 11.4 Å². The highest BCUT2D eigenvalue weighted by Gasteiger charge is 2.28. The minimum absolute atomic E-state index is 0.0770. The number of nitrogens with zero attached hydrogens (tertiary/aromatic N) is 1. The summed E-state index contributed by atoms with van der Waals surface area (Å²) < 4.78 is 41.5. The fraction of sp³-hybridized carbons (Fsp3) is 0.0952. The fourth-order valence-corrected chi connectivity index (χ4v) is 4.81. The first kappa shape index (κ1) is 23.5. The third-order valence-corrected chi connectivity index (χ3v) is 6.72. The van der Waals surface area contributed by atoms with E-state index in [-0.39, 0.29) is 17.0 Å². The van der Waals surface area contributed by atoms with E-state index < -0.39 is 28.3 Å². The van der Waals surface area contributed by atoms with Crippen LogP contribution in [0, 0.1) is 5.82 Å². The summed E-state index contributed by atoms with van der Waals surface area (Å²) in [5, 5.41) is 3.53. The van der Waals surface area contributed by atoms with Gasteiger partial charge in [-0.15, -0.1) is 0 Å². The maximum atomic E-state index is 14.2. The zero-order valence-electron chi connectivity index (χ0n) is 15.9. The Hall–Kier alpha value is -2.16. The second-order valence-corrected chi connectivity index (χ2v) is 9.77. The lowest BCUT2D eigenvalue weighted by Gasteiger charge is -2.22. The minimum Gasteiger partial charge on any atom is -0.325 e. The smallest absolute Gasteiger partial charge is 0.243 e. The summed E-state index contributed by atoms with van der Waals surface area (Å²) in [5.41, 5.74) is 0.427. The first-order valence-corrected chi connectivity index (χ1v) is 11.5. The molecule has 0 saturated heterocycles. The molecule has 0 saturated carbocycles. The number of amides is 1. The summed E-state index contributed by atoms with van der Waals surface area (Å²) >= 11 is 17.7. The molecule has 0 bridgehead atoms. The normalized spacial score (nSPS) is 11.5. The fourth-order valence-electron chi connectivity index (χ4n) is 2.78. The van der Waals surface area contributed by atoms with Crippen LogP contribution >= 0.6 is 34.8 Å². The first-order chi connectivity index (χ1) is 14.6. The van der Waals surface area contributed by atoms with Gasteiger partial charge in [-0.2, -0.15) is 4.31 Å². The second kappa shape index (κ2) is 9.97. The molecule has 3 aromatic carbocycles. The van der Waals surface area contributed by atoms with Crippen molar-refractivity contribution in [3.8, 4) is 0 Å². The summed E-state index contributed by atoms with van der Waals surface area (Å²) in [4.78, 5) is 12.6. The number of hydrogen-bond donors (Lipinski definition) is 1. The van der Waals surface area contributed by atoms with E-state index in [0.29, 0.717) is 20.8 Å². The van der Waals surface area contributed by atoms with Gasteiger partial charge in [0.2, 0.25) is 15.9 Å². The van der Waals surface area contributed by atoms with Gasteiger partial charge in [0, 0.05) is 32.9 Å². The quantitative estimate of drug-likeness (QED) is 0.457. The van der Waals surface area contributed by atoms with Gasteiger partial charge in [0.15, 0.2) is 0 Å². The third-order valence-electron chi connectivity index (χ3n) is 4.22. The maximum Gasteiger partial charge on any atom is 0.243 e. The molecular weight excluding hydrogens is 486 g/mol. The van der Waals surface area contributed by atoms with Crippen LogP contribution in [0.1, 0.15) is 5.56 Å². The van der Waals surface area contributed by atoms with E-state index >= 15 is 0 Å². The largest absolute Gasteiger partial charge is 0.325 e. The van der Waals surface area contributed by atoms with Gasteiger partial charge in [0.05, 0.1) is 11.4 Å². The molecule has 0 aromatic heterocycles. The van der Waals surface area contributed by atoms with Crippen molar-refractivity contribution in [2.75, 3.05) is 11.9 Å². The summed E-state index contributed by atoms with van der Waals surface area (Å²) in [6.07, 6.45) is 0. The van der Waals surface area contributed by atoms with E-state index in [1.807, 2.05) is 0 Å². The van der Waals surface area contributed by atoms with Gasteiger partial charge in [0.25, 0.3) is 0 Å². The summed E-state index contributed by atoms with van der Waals surface area (Å²) in [6.45, 7) is -0.912. The molecule has 0 fully saturated rings. The van der Waals surface area contributed by atoms with Gasteiger partial charge >= 0.3 is 0 Å². The maximum absolute atomic E-state index is 14.2. The molecule has 3 rings (SSSR count). The van der Waals surface area contributed by atoms with Crippen LogP contribution in [0.25, 0.3) is 0 Å². The standard InChI is InChI=1S/C21H16Cl3FN2O3S/c22-15-5-7-19(8-6-15)31(29,30)27(12-14-3-1-2-4-20(14)25)13-21(28)26-18-10-16(23)9-17(24)11-18/h1-11H,12-13H2,(H,26,28). The Morgan fingerprint density at radius 3 is 2.13 bits per heavy atom. The molecule has 0 spiro atoms. The molecule has 10 heteroatoms. The number of rotatable bonds is 7. The number of carbonyl (C=O) groups excluding carboxylic acids is 1. The van der Waals surface area contributed by atoms with Crippen LogP contribution in [0.4, 0.5) is 10.1 Å². The minimum atomic E-state index is -4.14. The SMILES string of the molecule is O=C(CN(Cc1ccccc1F)S(=O)(=O)c1ccc(Cl)cc1)Nc1cc(Cl)cc(Cl)c1. The summed E-state index contributed by atoms with van der Waals surface area (Å²) in [7, 11) is -4.14. The van der Waals surface area contributed by atoms with Crippen LogP contribution in [0.2, 0.25) is 15.1 Å². The van der Waals surface area contributed by atoms with E-state index in [1.54, 1.807) is 6.07 Å². The average Bonchev–Trinajstić information content (AvgIpc) is 2.68. The number of benzene rings is 3. The second-order valence-electron chi connectivity index (χ2n) is 6.52. The van der Waals surface area contributed by atoms with Gasteiger partial charge in [0.1, 0.15) is 5.82 Å². The Bertz CT molecular complexity index is 1180. The van der Waals surface area contributed by atoms with E-state index in [4.69, 9.17) is 34.8 Å². The molecule has 0 atom stereocenters. The van der Waals surface area contributed by atoms with E-state index in [0.717, 1.165) is 4.31 Å². The molecule has 0 radical (unpaired) electrons. The predicted octanol–water partition coefficient (Wildman–Crippen LogP) is 5.62. The van der Waals surface area contributed by atoms with Gasteiger partial charge in [-0.3, -0.25) is 4.79 Å². The number of anilines is 1. The van der Waals surface area contributed by atoms with Crippen molar-refractivity contribution in [2.24, 2.45) is 0 Å². The zero-order valence-corrected chi connectivity index (χ0v) is 18.9. The van der Waals surface area contributed by atoms with Crippen LogP contribution in [-0.2, 0) is 21.4 Å². The van der Waals surface area contributed by atoms with Crippen molar-refractivity contribution in [1.82, 2.24) is 4.31 Å². The molecule has 0 unspecified atom stereocenters. The van der Waals surface area contributed by atoms with Gasteiger partial charge in [-0.05, 0) is 48.5 Å². The lowest BCUT2D eigenvalue weighted by atomic mass is 10.2. The molecule has 0 heterocycles. The molecule has 0 aliphatic carbocycles. The highest BCUT2D eigenvalue weighted by molar-refractivity contribution is 7.89. The summed E-state index contributed by atoms with van der Waals surface area (Å²) in [5.74, 6) is -1.23. The Balaban J connectivity index is 1.90. The highest BCUT2D eigenvalue weighted by atomic mass is 35.5. The number of hydrogen-bond acceptors (Lipinski definition) is 3. The lowest BCUT2D eigenvalue weighted by molar-refractivity contribution is -0.116. The molecule has 0 aliphatic heterocycles.